The highest BCUT2D eigenvalue weighted by atomic mass is 32.2. The summed E-state index contributed by atoms with van der Waals surface area (Å²) in [5.41, 5.74) is 0.220. The molecule has 1 saturated carbocycles. The van der Waals surface area contributed by atoms with Crippen LogP contribution in [0.2, 0.25) is 0 Å². The molecule has 114 valence electrons. The molecule has 0 spiro atoms. The van der Waals surface area contributed by atoms with Gasteiger partial charge in [-0.2, -0.15) is 0 Å². The van der Waals surface area contributed by atoms with Crippen LogP contribution in [0.15, 0.2) is 0 Å². The van der Waals surface area contributed by atoms with E-state index >= 15 is 0 Å². The van der Waals surface area contributed by atoms with Crippen molar-refractivity contribution in [2.45, 2.75) is 52.5 Å². The van der Waals surface area contributed by atoms with Gasteiger partial charge in [-0.15, -0.1) is 11.8 Å². The molecule has 1 aliphatic heterocycles. The Morgan fingerprint density at radius 1 is 1.35 bits per heavy atom. The number of nitrogens with zero attached hydrogens (tertiary/aromatic N) is 1. The Kier molecular flexibility index (Phi) is 4.99. The second-order valence-corrected chi connectivity index (χ2v) is 7.96. The minimum Gasteiger partial charge on any atom is -0.352 e. The lowest BCUT2D eigenvalue weighted by Crippen LogP contribution is -2.49. The van der Waals surface area contributed by atoms with Gasteiger partial charge in [0.1, 0.15) is 6.54 Å². The Hall–Kier alpha value is -0.710. The quantitative estimate of drug-likeness (QED) is 0.869. The molecular formula is C15H26N2O2S. The maximum atomic E-state index is 12.2. The second kappa shape index (κ2) is 6.37. The maximum Gasteiger partial charge on any atom is 0.239 e. The van der Waals surface area contributed by atoms with Crippen LogP contribution >= 0.6 is 11.8 Å². The smallest absolute Gasteiger partial charge is 0.239 e. The largest absolute Gasteiger partial charge is 0.352 e. The lowest BCUT2D eigenvalue weighted by atomic mass is 9.69. The van der Waals surface area contributed by atoms with Gasteiger partial charge < -0.3 is 10.2 Å². The highest BCUT2D eigenvalue weighted by Crippen LogP contribution is 2.37. The molecule has 0 radical (unpaired) electrons. The number of carbonyl (C=O) groups is 2. The van der Waals surface area contributed by atoms with Gasteiger partial charge in [0.25, 0.3) is 0 Å². The van der Waals surface area contributed by atoms with E-state index in [0.29, 0.717) is 17.5 Å². The monoisotopic (exact) mass is 298 g/mol. The molecule has 20 heavy (non-hydrogen) atoms. The molecule has 4 nitrogen and oxygen atoms in total. The first-order valence-corrected chi connectivity index (χ1v) is 8.68. The predicted octanol–water partition coefficient (Wildman–Crippen LogP) is 2.24. The first-order chi connectivity index (χ1) is 9.38. The fourth-order valence-corrected chi connectivity index (χ4v) is 4.21. The number of carbonyl (C=O) groups excluding carboxylic acids is 2. The van der Waals surface area contributed by atoms with Crippen LogP contribution in [0.5, 0.6) is 0 Å². The van der Waals surface area contributed by atoms with Crippen LogP contribution < -0.4 is 5.32 Å². The van der Waals surface area contributed by atoms with Crippen LogP contribution in [-0.2, 0) is 9.59 Å². The summed E-state index contributed by atoms with van der Waals surface area (Å²) in [7, 11) is 0. The average molecular weight is 298 g/mol. The van der Waals surface area contributed by atoms with Crippen LogP contribution in [-0.4, -0.2) is 40.9 Å². The summed E-state index contributed by atoms with van der Waals surface area (Å²) in [6.45, 7) is 6.98. The highest BCUT2D eigenvalue weighted by Gasteiger charge is 2.35. The third kappa shape index (κ3) is 3.90. The molecule has 5 heteroatoms. The first-order valence-electron chi connectivity index (χ1n) is 7.53. The molecule has 0 aromatic rings. The third-order valence-corrected chi connectivity index (χ3v) is 5.33. The fraction of sp³-hybridized carbons (Fsp3) is 0.867. The molecule has 0 bridgehead atoms. The van der Waals surface area contributed by atoms with E-state index in [1.165, 1.54) is 19.3 Å². The number of rotatable bonds is 3. The minimum atomic E-state index is 0.00185. The molecule has 2 atom stereocenters. The summed E-state index contributed by atoms with van der Waals surface area (Å²) in [5.74, 6) is 1.79. The number of nitrogens with one attached hydrogen (secondary N) is 1. The molecule has 2 aliphatic rings. The van der Waals surface area contributed by atoms with Crippen LogP contribution in [0.3, 0.4) is 0 Å². The Morgan fingerprint density at radius 3 is 2.65 bits per heavy atom. The summed E-state index contributed by atoms with van der Waals surface area (Å²) in [6.07, 6.45) is 4.70. The summed E-state index contributed by atoms with van der Waals surface area (Å²) >= 11 is 1.58. The van der Waals surface area contributed by atoms with Crippen molar-refractivity contribution in [1.82, 2.24) is 10.2 Å². The summed E-state index contributed by atoms with van der Waals surface area (Å²) in [4.78, 5) is 25.4. The van der Waals surface area contributed by atoms with Gasteiger partial charge in [-0.05, 0) is 24.2 Å². The van der Waals surface area contributed by atoms with Crippen LogP contribution in [0.1, 0.15) is 46.5 Å². The van der Waals surface area contributed by atoms with Crippen LogP contribution in [0.25, 0.3) is 0 Å². The molecule has 0 aromatic carbocycles. The molecule has 1 N–H and O–H groups in total. The van der Waals surface area contributed by atoms with Gasteiger partial charge in [-0.3, -0.25) is 9.59 Å². The topological polar surface area (TPSA) is 49.4 Å². The third-order valence-electron chi connectivity index (χ3n) is 4.38. The molecule has 2 rings (SSSR count). The van der Waals surface area contributed by atoms with Crippen molar-refractivity contribution in [2.24, 2.45) is 11.3 Å². The zero-order valence-corrected chi connectivity index (χ0v) is 13.6. The minimum absolute atomic E-state index is 0.00185. The summed E-state index contributed by atoms with van der Waals surface area (Å²) in [5, 5.41) is 3.18. The number of hydrogen-bond donors (Lipinski definition) is 1. The first kappa shape index (κ1) is 15.7. The maximum absolute atomic E-state index is 12.2. The van der Waals surface area contributed by atoms with Gasteiger partial charge in [0.2, 0.25) is 11.8 Å². The van der Waals surface area contributed by atoms with Gasteiger partial charge in [0, 0.05) is 6.04 Å². The van der Waals surface area contributed by atoms with Crippen LogP contribution in [0.4, 0.5) is 0 Å². The zero-order chi connectivity index (χ0) is 14.8. The Balaban J connectivity index is 1.90. The number of hydrogen-bond acceptors (Lipinski definition) is 3. The van der Waals surface area contributed by atoms with Gasteiger partial charge in [-0.25, -0.2) is 0 Å². The lowest BCUT2D eigenvalue weighted by Gasteiger charge is -2.41. The van der Waals surface area contributed by atoms with Gasteiger partial charge in [0.05, 0.1) is 11.6 Å². The summed E-state index contributed by atoms with van der Waals surface area (Å²) < 4.78 is 0. The highest BCUT2D eigenvalue weighted by molar-refractivity contribution is 8.00. The zero-order valence-electron chi connectivity index (χ0n) is 12.8. The number of thioether (sulfide) groups is 1. The van der Waals surface area contributed by atoms with E-state index in [-0.39, 0.29) is 29.8 Å². The van der Waals surface area contributed by atoms with E-state index in [1.807, 2.05) is 0 Å². The van der Waals surface area contributed by atoms with Crippen molar-refractivity contribution < 1.29 is 9.59 Å². The van der Waals surface area contributed by atoms with Crippen molar-refractivity contribution in [1.29, 1.82) is 0 Å². The fourth-order valence-electron chi connectivity index (χ4n) is 3.31. The second-order valence-electron chi connectivity index (χ2n) is 7.00. The van der Waals surface area contributed by atoms with E-state index in [9.17, 15) is 9.59 Å². The van der Waals surface area contributed by atoms with Gasteiger partial charge >= 0.3 is 0 Å². The normalized spacial score (nSPS) is 27.8. The molecular weight excluding hydrogens is 272 g/mol. The molecule has 1 heterocycles. The molecule has 2 unspecified atom stereocenters. The van der Waals surface area contributed by atoms with Crippen molar-refractivity contribution in [3.8, 4) is 0 Å². The van der Waals surface area contributed by atoms with Crippen molar-refractivity contribution in [3.63, 3.8) is 0 Å². The van der Waals surface area contributed by atoms with E-state index in [4.69, 9.17) is 0 Å². The molecule has 0 aromatic heterocycles. The molecule has 1 saturated heterocycles. The lowest BCUT2D eigenvalue weighted by molar-refractivity contribution is -0.133. The molecule has 1 aliphatic carbocycles. The Labute approximate surface area is 126 Å². The SMILES string of the molecule is CC(C)(C)C1CCCCC1NC(=O)CN1CSCC1=O. The van der Waals surface area contributed by atoms with Crippen molar-refractivity contribution in [2.75, 3.05) is 18.2 Å². The van der Waals surface area contributed by atoms with E-state index in [2.05, 4.69) is 26.1 Å². The Morgan fingerprint density at radius 2 is 2.05 bits per heavy atom. The van der Waals surface area contributed by atoms with Gasteiger partial charge in [0.15, 0.2) is 0 Å². The van der Waals surface area contributed by atoms with Crippen molar-refractivity contribution >= 4 is 23.6 Å². The predicted molar refractivity (Wildman–Crippen MR) is 82.4 cm³/mol. The Bertz CT molecular complexity index is 379. The van der Waals surface area contributed by atoms with E-state index in [1.54, 1.807) is 16.7 Å². The summed E-state index contributed by atoms with van der Waals surface area (Å²) in [6, 6.07) is 0.265. The van der Waals surface area contributed by atoms with E-state index in [0.717, 1.165) is 6.42 Å². The number of amides is 2. The van der Waals surface area contributed by atoms with E-state index < -0.39 is 0 Å². The van der Waals surface area contributed by atoms with Crippen molar-refractivity contribution in [3.05, 3.63) is 0 Å². The van der Waals surface area contributed by atoms with Crippen LogP contribution in [0, 0.1) is 11.3 Å². The molecule has 2 amide bonds. The van der Waals surface area contributed by atoms with Gasteiger partial charge in [-0.1, -0.05) is 33.6 Å². The average Bonchev–Trinajstić information content (AvgIpc) is 2.74. The molecule has 2 fully saturated rings. The standard InChI is InChI=1S/C15H26N2O2S/c1-15(2,3)11-6-4-5-7-12(11)16-13(18)8-17-10-20-9-14(17)19/h11-12H,4-10H2,1-3H3,(H,16,18).